The quantitative estimate of drug-likeness (QED) is 0.782. The van der Waals surface area contributed by atoms with E-state index in [4.69, 9.17) is 4.74 Å². The van der Waals surface area contributed by atoms with Gasteiger partial charge in [-0.05, 0) is 49.7 Å². The van der Waals surface area contributed by atoms with Crippen molar-refractivity contribution in [3.8, 4) is 0 Å². The van der Waals surface area contributed by atoms with Crippen LogP contribution in [0.25, 0.3) is 0 Å². The third kappa shape index (κ3) is 3.59. The van der Waals surface area contributed by atoms with Crippen molar-refractivity contribution in [1.29, 1.82) is 0 Å². The highest BCUT2D eigenvalue weighted by molar-refractivity contribution is 5.87. The molecule has 0 spiro atoms. The van der Waals surface area contributed by atoms with Crippen LogP contribution in [0.1, 0.15) is 56.2 Å². The predicted molar refractivity (Wildman–Crippen MR) is 79.5 cm³/mol. The first-order valence-corrected chi connectivity index (χ1v) is 7.62. The first-order chi connectivity index (χ1) is 9.47. The molecule has 0 aliphatic heterocycles. The zero-order valence-electron chi connectivity index (χ0n) is 12.9. The van der Waals surface area contributed by atoms with Crippen molar-refractivity contribution in [3.05, 3.63) is 29.6 Å². The molecule has 20 heavy (non-hydrogen) atoms. The minimum atomic E-state index is -0.279. The number of aromatic nitrogens is 1. The lowest BCUT2D eigenvalue weighted by Gasteiger charge is -2.36. The molecule has 1 aliphatic carbocycles. The molecule has 0 radical (unpaired) electrons. The fourth-order valence-corrected chi connectivity index (χ4v) is 3.10. The van der Waals surface area contributed by atoms with Gasteiger partial charge >= 0.3 is 5.97 Å². The van der Waals surface area contributed by atoms with Crippen LogP contribution in [0.2, 0.25) is 0 Å². The maximum atomic E-state index is 12.3. The maximum absolute atomic E-state index is 12.3. The van der Waals surface area contributed by atoms with Crippen LogP contribution in [0.4, 0.5) is 0 Å². The Morgan fingerprint density at radius 2 is 2.10 bits per heavy atom. The molecule has 1 heterocycles. The summed E-state index contributed by atoms with van der Waals surface area (Å²) in [6.07, 6.45) is 3.39. The van der Waals surface area contributed by atoms with Crippen molar-refractivity contribution in [2.75, 3.05) is 0 Å². The Kier molecular flexibility index (Phi) is 4.79. The van der Waals surface area contributed by atoms with Crippen LogP contribution in [-0.4, -0.2) is 17.1 Å². The molecule has 1 aromatic heterocycles. The number of rotatable bonds is 3. The van der Waals surface area contributed by atoms with E-state index in [2.05, 4.69) is 25.8 Å². The standard InChI is InChI=1S/C17H25NO2/c1-11(2)14-9-8-12(3)10-16(14)20-17(19)15-7-5-6-13(4)18-15/h5-7,11-12,14,16H,8-10H2,1-4H3/t12-,14+,16+/m1/s1. The van der Waals surface area contributed by atoms with E-state index in [0.717, 1.165) is 18.5 Å². The smallest absolute Gasteiger partial charge is 0.357 e. The number of aryl methyl sites for hydroxylation is 1. The zero-order chi connectivity index (χ0) is 14.7. The molecule has 0 saturated heterocycles. The Morgan fingerprint density at radius 1 is 1.35 bits per heavy atom. The zero-order valence-corrected chi connectivity index (χ0v) is 12.9. The molecule has 1 saturated carbocycles. The van der Waals surface area contributed by atoms with Crippen LogP contribution in [0, 0.1) is 24.7 Å². The molecule has 1 aliphatic rings. The molecule has 0 bridgehead atoms. The second kappa shape index (κ2) is 6.38. The third-order valence-corrected chi connectivity index (χ3v) is 4.32. The lowest BCUT2D eigenvalue weighted by Crippen LogP contribution is -2.36. The number of carbonyl (C=O) groups excluding carboxylic acids is 1. The van der Waals surface area contributed by atoms with E-state index in [9.17, 15) is 4.79 Å². The van der Waals surface area contributed by atoms with Gasteiger partial charge in [-0.1, -0.05) is 33.3 Å². The number of esters is 1. The summed E-state index contributed by atoms with van der Waals surface area (Å²) in [7, 11) is 0. The number of pyridine rings is 1. The van der Waals surface area contributed by atoms with Crippen LogP contribution >= 0.6 is 0 Å². The highest BCUT2D eigenvalue weighted by atomic mass is 16.5. The average molecular weight is 275 g/mol. The second-order valence-electron chi connectivity index (χ2n) is 6.43. The summed E-state index contributed by atoms with van der Waals surface area (Å²) in [5, 5.41) is 0. The summed E-state index contributed by atoms with van der Waals surface area (Å²) in [6.45, 7) is 8.55. The number of ether oxygens (including phenoxy) is 1. The van der Waals surface area contributed by atoms with Gasteiger partial charge in [-0.25, -0.2) is 9.78 Å². The summed E-state index contributed by atoms with van der Waals surface area (Å²) in [5.74, 6) is 1.37. The number of nitrogens with zero attached hydrogens (tertiary/aromatic N) is 1. The largest absolute Gasteiger partial charge is 0.457 e. The summed E-state index contributed by atoms with van der Waals surface area (Å²) < 4.78 is 5.78. The van der Waals surface area contributed by atoms with E-state index in [1.54, 1.807) is 6.07 Å². The summed E-state index contributed by atoms with van der Waals surface area (Å²) in [5.41, 5.74) is 1.27. The first-order valence-electron chi connectivity index (χ1n) is 7.62. The fourth-order valence-electron chi connectivity index (χ4n) is 3.10. The normalized spacial score (nSPS) is 26.6. The number of hydrogen-bond acceptors (Lipinski definition) is 3. The van der Waals surface area contributed by atoms with Crippen LogP contribution in [-0.2, 0) is 4.74 Å². The van der Waals surface area contributed by atoms with Gasteiger partial charge in [-0.3, -0.25) is 0 Å². The van der Waals surface area contributed by atoms with E-state index < -0.39 is 0 Å². The topological polar surface area (TPSA) is 39.2 Å². The average Bonchev–Trinajstić information content (AvgIpc) is 2.38. The van der Waals surface area contributed by atoms with Gasteiger partial charge in [0.1, 0.15) is 11.8 Å². The Balaban J connectivity index is 2.08. The van der Waals surface area contributed by atoms with E-state index in [1.807, 2.05) is 19.1 Å². The molecule has 0 N–H and O–H groups in total. The Bertz CT molecular complexity index is 470. The van der Waals surface area contributed by atoms with Gasteiger partial charge in [0.25, 0.3) is 0 Å². The molecule has 1 fully saturated rings. The predicted octanol–water partition coefficient (Wildman–Crippen LogP) is 4.01. The lowest BCUT2D eigenvalue weighted by molar-refractivity contribution is -0.0179. The van der Waals surface area contributed by atoms with Gasteiger partial charge in [0, 0.05) is 5.69 Å². The van der Waals surface area contributed by atoms with Crippen LogP contribution in [0.5, 0.6) is 0 Å². The van der Waals surface area contributed by atoms with Crippen LogP contribution in [0.15, 0.2) is 18.2 Å². The Labute approximate surface area is 121 Å². The van der Waals surface area contributed by atoms with Gasteiger partial charge in [0.2, 0.25) is 0 Å². The van der Waals surface area contributed by atoms with Gasteiger partial charge in [0.15, 0.2) is 0 Å². The molecule has 3 atom stereocenters. The molecule has 110 valence electrons. The molecule has 2 rings (SSSR count). The summed E-state index contributed by atoms with van der Waals surface area (Å²) >= 11 is 0. The van der Waals surface area contributed by atoms with Gasteiger partial charge in [-0.15, -0.1) is 0 Å². The molecule has 3 heteroatoms. The SMILES string of the molecule is Cc1cccc(C(=O)O[C@H]2C[C@H](C)CC[C@H]2C(C)C)n1. The van der Waals surface area contributed by atoms with E-state index in [-0.39, 0.29) is 12.1 Å². The number of carbonyl (C=O) groups is 1. The van der Waals surface area contributed by atoms with Gasteiger partial charge < -0.3 is 4.74 Å². The fraction of sp³-hybridized carbons (Fsp3) is 0.647. The van der Waals surface area contributed by atoms with E-state index in [0.29, 0.717) is 23.4 Å². The number of hydrogen-bond donors (Lipinski definition) is 0. The first kappa shape index (κ1) is 15.0. The third-order valence-electron chi connectivity index (χ3n) is 4.32. The van der Waals surface area contributed by atoms with Crippen molar-refractivity contribution >= 4 is 5.97 Å². The molecule has 0 unspecified atom stereocenters. The Hall–Kier alpha value is -1.38. The van der Waals surface area contributed by atoms with Crippen molar-refractivity contribution in [2.45, 2.75) is 53.1 Å². The highest BCUT2D eigenvalue weighted by Gasteiger charge is 2.33. The van der Waals surface area contributed by atoms with Gasteiger partial charge in [-0.2, -0.15) is 0 Å². The van der Waals surface area contributed by atoms with Gasteiger partial charge in [0.05, 0.1) is 0 Å². The van der Waals surface area contributed by atoms with E-state index in [1.165, 1.54) is 6.42 Å². The molecular formula is C17H25NO2. The maximum Gasteiger partial charge on any atom is 0.357 e. The van der Waals surface area contributed by atoms with Crippen LogP contribution in [0.3, 0.4) is 0 Å². The van der Waals surface area contributed by atoms with Crippen LogP contribution < -0.4 is 0 Å². The molecule has 1 aromatic rings. The summed E-state index contributed by atoms with van der Waals surface area (Å²) in [6, 6.07) is 5.46. The van der Waals surface area contributed by atoms with Crippen molar-refractivity contribution < 1.29 is 9.53 Å². The minimum absolute atomic E-state index is 0.0357. The van der Waals surface area contributed by atoms with Crippen molar-refractivity contribution in [1.82, 2.24) is 4.98 Å². The molecule has 3 nitrogen and oxygen atoms in total. The molecular weight excluding hydrogens is 250 g/mol. The Morgan fingerprint density at radius 3 is 2.75 bits per heavy atom. The van der Waals surface area contributed by atoms with Crippen molar-refractivity contribution in [2.24, 2.45) is 17.8 Å². The highest BCUT2D eigenvalue weighted by Crippen LogP contribution is 2.35. The minimum Gasteiger partial charge on any atom is -0.457 e. The second-order valence-corrected chi connectivity index (χ2v) is 6.43. The summed E-state index contributed by atoms with van der Waals surface area (Å²) in [4.78, 5) is 16.5. The lowest BCUT2D eigenvalue weighted by atomic mass is 9.75. The molecule has 0 aromatic carbocycles. The van der Waals surface area contributed by atoms with E-state index >= 15 is 0 Å². The molecule has 0 amide bonds. The van der Waals surface area contributed by atoms with Crippen molar-refractivity contribution in [3.63, 3.8) is 0 Å². The monoisotopic (exact) mass is 275 g/mol.